The van der Waals surface area contributed by atoms with Gasteiger partial charge in [-0.05, 0) is 55.9 Å². The van der Waals surface area contributed by atoms with E-state index in [0.29, 0.717) is 30.4 Å². The minimum absolute atomic E-state index is 0.0746. The van der Waals surface area contributed by atoms with Crippen LogP contribution in [0.5, 0.6) is 5.75 Å². The molecule has 3 heterocycles. The van der Waals surface area contributed by atoms with Crippen LogP contribution in [0.2, 0.25) is 0 Å². The molecule has 3 aliphatic rings. The second kappa shape index (κ2) is 7.10. The van der Waals surface area contributed by atoms with Gasteiger partial charge in [-0.1, -0.05) is 11.2 Å². The Labute approximate surface area is 176 Å². The lowest BCUT2D eigenvalue weighted by atomic mass is 9.91. The van der Waals surface area contributed by atoms with E-state index < -0.39 is 17.2 Å². The second-order valence-electron chi connectivity index (χ2n) is 8.57. The van der Waals surface area contributed by atoms with Crippen molar-refractivity contribution in [1.29, 1.82) is 0 Å². The predicted octanol–water partition coefficient (Wildman–Crippen LogP) is 2.57. The number of carbonyl (C=O) groups is 1. The van der Waals surface area contributed by atoms with Gasteiger partial charge in [0, 0.05) is 17.6 Å². The zero-order valence-electron chi connectivity index (χ0n) is 16.9. The fraction of sp³-hybridized carbons (Fsp3) is 0.600. The average Bonchev–Trinajstić information content (AvgIpc) is 3.25. The third-order valence-corrected chi connectivity index (χ3v) is 6.93. The largest absolute Gasteiger partial charge is 0.496 e. The number of hydrogen-bond donors (Lipinski definition) is 2. The molecule has 2 saturated heterocycles. The number of hydrogen-bond acceptors (Lipinski definition) is 6. The number of fused-ring (bicyclic) bond motifs is 2. The van der Waals surface area contributed by atoms with Crippen LogP contribution >= 0.6 is 0 Å². The Morgan fingerprint density at radius 3 is 2.68 bits per heavy atom. The number of piperidine rings is 1. The summed E-state index contributed by atoms with van der Waals surface area (Å²) in [5.41, 5.74) is -1.12. The van der Waals surface area contributed by atoms with Crippen LogP contribution in [0.25, 0.3) is 0 Å². The molecule has 31 heavy (non-hydrogen) atoms. The van der Waals surface area contributed by atoms with Gasteiger partial charge in [-0.3, -0.25) is 4.79 Å². The van der Waals surface area contributed by atoms with Crippen LogP contribution < -0.4 is 15.0 Å². The van der Waals surface area contributed by atoms with Gasteiger partial charge in [0.25, 0.3) is 5.95 Å². The first kappa shape index (κ1) is 20.1. The van der Waals surface area contributed by atoms with Crippen molar-refractivity contribution < 1.29 is 22.7 Å². The number of anilines is 1. The smallest absolute Gasteiger partial charge is 0.416 e. The molecule has 11 heteroatoms. The first-order valence-corrected chi connectivity index (χ1v) is 10.4. The molecule has 0 unspecified atom stereocenters. The quantitative estimate of drug-likeness (QED) is 0.748. The van der Waals surface area contributed by atoms with Gasteiger partial charge in [0.05, 0.1) is 24.1 Å². The predicted molar refractivity (Wildman–Crippen MR) is 104 cm³/mol. The summed E-state index contributed by atoms with van der Waals surface area (Å²) in [5.74, 6) is 0.478. The summed E-state index contributed by atoms with van der Waals surface area (Å²) in [7, 11) is 1.33. The molecule has 2 aromatic rings. The highest BCUT2D eigenvalue weighted by atomic mass is 19.4. The molecule has 2 bridgehead atoms. The van der Waals surface area contributed by atoms with E-state index in [9.17, 15) is 18.0 Å². The van der Waals surface area contributed by atoms with E-state index in [-0.39, 0.29) is 23.7 Å². The zero-order valence-corrected chi connectivity index (χ0v) is 16.9. The Hall–Kier alpha value is -2.85. The maximum absolute atomic E-state index is 13.4. The molecule has 3 atom stereocenters. The second-order valence-corrected chi connectivity index (χ2v) is 8.57. The molecule has 1 saturated carbocycles. The Balaban J connectivity index is 1.37. The molecule has 1 aromatic carbocycles. The number of alkyl halides is 3. The zero-order chi connectivity index (χ0) is 21.8. The van der Waals surface area contributed by atoms with Crippen molar-refractivity contribution in [2.24, 2.45) is 0 Å². The fourth-order valence-corrected chi connectivity index (χ4v) is 5.21. The minimum atomic E-state index is -4.47. The third kappa shape index (κ3) is 3.30. The van der Waals surface area contributed by atoms with Crippen molar-refractivity contribution in [2.75, 3.05) is 12.0 Å². The molecule has 1 aliphatic carbocycles. The van der Waals surface area contributed by atoms with Crippen LogP contribution in [0.1, 0.15) is 49.7 Å². The molecule has 1 aromatic heterocycles. The number of aromatic amines is 1. The van der Waals surface area contributed by atoms with Gasteiger partial charge >= 0.3 is 6.18 Å². The van der Waals surface area contributed by atoms with Gasteiger partial charge < -0.3 is 15.0 Å². The molecule has 0 radical (unpaired) electrons. The Bertz CT molecular complexity index is 976. The van der Waals surface area contributed by atoms with Crippen molar-refractivity contribution in [3.63, 3.8) is 0 Å². The van der Waals surface area contributed by atoms with Crippen molar-refractivity contribution in [3.05, 3.63) is 29.3 Å². The topological polar surface area (TPSA) is 96.0 Å². The molecule has 1 amide bonds. The number of nitrogens with zero attached hydrogens (tertiary/aromatic N) is 4. The van der Waals surface area contributed by atoms with Crippen molar-refractivity contribution in [2.45, 2.75) is 68.2 Å². The molecule has 2 N–H and O–H groups in total. The van der Waals surface area contributed by atoms with Crippen LogP contribution in [0, 0.1) is 0 Å². The van der Waals surface area contributed by atoms with E-state index in [0.717, 1.165) is 37.8 Å². The molecule has 5 rings (SSSR count). The third-order valence-electron chi connectivity index (χ3n) is 6.93. The van der Waals surface area contributed by atoms with E-state index >= 15 is 0 Å². The lowest BCUT2D eigenvalue weighted by Gasteiger charge is -2.40. The first-order chi connectivity index (χ1) is 14.8. The maximum atomic E-state index is 13.4. The van der Waals surface area contributed by atoms with Crippen molar-refractivity contribution in [3.8, 4) is 5.75 Å². The highest BCUT2D eigenvalue weighted by Crippen LogP contribution is 2.52. The van der Waals surface area contributed by atoms with E-state index in [1.165, 1.54) is 13.2 Å². The average molecular weight is 436 g/mol. The van der Waals surface area contributed by atoms with Gasteiger partial charge in [0.1, 0.15) is 5.75 Å². The molecular weight excluding hydrogens is 413 g/mol. The van der Waals surface area contributed by atoms with Gasteiger partial charge in [0.2, 0.25) is 5.91 Å². The molecule has 166 valence electrons. The van der Waals surface area contributed by atoms with Gasteiger partial charge in [0.15, 0.2) is 0 Å². The lowest BCUT2D eigenvalue weighted by molar-refractivity contribution is -0.137. The van der Waals surface area contributed by atoms with Gasteiger partial charge in [-0.25, -0.2) is 0 Å². The number of tetrazole rings is 1. The summed E-state index contributed by atoms with van der Waals surface area (Å²) >= 11 is 0. The Morgan fingerprint density at radius 2 is 2.03 bits per heavy atom. The highest BCUT2D eigenvalue weighted by molar-refractivity contribution is 5.92. The van der Waals surface area contributed by atoms with E-state index in [2.05, 4.69) is 30.8 Å². The normalized spacial score (nSPS) is 26.6. The van der Waals surface area contributed by atoms with Crippen molar-refractivity contribution in [1.82, 2.24) is 25.9 Å². The molecule has 3 fully saturated rings. The summed E-state index contributed by atoms with van der Waals surface area (Å²) in [4.78, 5) is 15.5. The number of methoxy groups -OCH3 is 1. The van der Waals surface area contributed by atoms with Crippen LogP contribution in [-0.2, 0) is 16.4 Å². The van der Waals surface area contributed by atoms with E-state index in [4.69, 9.17) is 4.74 Å². The number of carbonyl (C=O) groups excluding carboxylic acids is 1. The van der Waals surface area contributed by atoms with Crippen LogP contribution in [0.4, 0.5) is 19.1 Å². The van der Waals surface area contributed by atoms with Crippen LogP contribution in [-0.4, -0.2) is 51.8 Å². The fourth-order valence-electron chi connectivity index (χ4n) is 5.21. The van der Waals surface area contributed by atoms with Crippen LogP contribution in [0.15, 0.2) is 18.2 Å². The highest BCUT2D eigenvalue weighted by Gasteiger charge is 2.55. The van der Waals surface area contributed by atoms with Crippen molar-refractivity contribution >= 4 is 11.9 Å². The number of aromatic nitrogens is 4. The summed E-state index contributed by atoms with van der Waals surface area (Å²) in [6.45, 7) is 0. The molecular formula is C20H23F3N6O2. The molecule has 2 aliphatic heterocycles. The number of H-pyrrole nitrogens is 1. The Morgan fingerprint density at radius 1 is 1.26 bits per heavy atom. The number of amides is 1. The van der Waals surface area contributed by atoms with Gasteiger partial charge in [-0.2, -0.15) is 18.4 Å². The summed E-state index contributed by atoms with van der Waals surface area (Å²) in [6, 6.07) is 3.70. The standard InChI is InChI=1S/C20H23F3N6O2/c1-31-16-10-11(20(21,22)23)2-5-13(16)19(8-9-19)17(30)24-14-6-3-12-4-7-15(14)29(12)18-25-27-28-26-18/h2,5,10,12,14-15H,3-4,6-9H2,1H3,(H,24,30)(H,25,26,27,28)/t12-,14+,15-/m0/s1. The van der Waals surface area contributed by atoms with E-state index in [1.807, 2.05) is 0 Å². The summed E-state index contributed by atoms with van der Waals surface area (Å²) in [6.07, 6.45) is 0.362. The number of nitrogens with one attached hydrogen (secondary N) is 2. The lowest BCUT2D eigenvalue weighted by Crippen LogP contribution is -2.56. The number of halogens is 3. The number of ether oxygens (including phenoxy) is 1. The van der Waals surface area contributed by atoms with E-state index in [1.54, 1.807) is 0 Å². The minimum Gasteiger partial charge on any atom is -0.496 e. The SMILES string of the molecule is COc1cc(C(F)(F)F)ccc1C1(C(=O)N[C@@H]2CC[C@H]3CC[C@@H]2N3c2nn[nH]n2)CC1. The monoisotopic (exact) mass is 436 g/mol. The first-order valence-electron chi connectivity index (χ1n) is 10.4. The van der Waals surface area contributed by atoms with Gasteiger partial charge in [-0.15, -0.1) is 5.10 Å². The molecule has 8 nitrogen and oxygen atoms in total. The van der Waals surface area contributed by atoms with Crippen LogP contribution in [0.3, 0.4) is 0 Å². The number of benzene rings is 1. The Kier molecular flexibility index (Phi) is 4.60. The maximum Gasteiger partial charge on any atom is 0.416 e. The summed E-state index contributed by atoms with van der Waals surface area (Å²) in [5, 5.41) is 17.5. The summed E-state index contributed by atoms with van der Waals surface area (Å²) < 4.78 is 44.5. The molecule has 0 spiro atoms. The number of rotatable bonds is 5.